The van der Waals surface area contributed by atoms with E-state index >= 15 is 0 Å². The van der Waals surface area contributed by atoms with E-state index in [9.17, 15) is 9.59 Å². The summed E-state index contributed by atoms with van der Waals surface area (Å²) in [4.78, 5) is 30.2. The first-order valence-electron chi connectivity index (χ1n) is 8.42. The Bertz CT molecular complexity index is 513. The zero-order valence-corrected chi connectivity index (χ0v) is 15.7. The summed E-state index contributed by atoms with van der Waals surface area (Å²) in [5, 5.41) is 0. The smallest absolute Gasteiger partial charge is 0.231 e. The molecule has 0 N–H and O–H groups in total. The Morgan fingerprint density at radius 3 is 2.23 bits per heavy atom. The van der Waals surface area contributed by atoms with Crippen molar-refractivity contribution >= 4 is 27.6 Å². The fourth-order valence-electron chi connectivity index (χ4n) is 4.97. The molecule has 4 nitrogen and oxygen atoms in total. The first kappa shape index (κ1) is 16.4. The molecule has 3 atom stereocenters. The molecule has 1 saturated heterocycles. The van der Waals surface area contributed by atoms with Crippen LogP contribution < -0.4 is 0 Å². The summed E-state index contributed by atoms with van der Waals surface area (Å²) < 4.78 is 0. The van der Waals surface area contributed by atoms with Crippen LogP contribution in [0.25, 0.3) is 0 Å². The predicted octanol–water partition coefficient (Wildman–Crippen LogP) is 2.31. The zero-order chi connectivity index (χ0) is 16.3. The molecule has 2 bridgehead atoms. The number of Topliss-reactive ketones (excluding diaryl/α,β-unsaturated/α-hetero) is 1. The largest absolute Gasteiger partial charge is 0.340 e. The molecule has 1 amide bonds. The number of carbonyl (C=O) groups is 2. The number of amides is 1. The highest BCUT2D eigenvalue weighted by Gasteiger charge is 2.77. The molecule has 2 aliphatic carbocycles. The number of nitrogens with zero attached hydrogens (tertiary/aromatic N) is 2. The second-order valence-electron chi connectivity index (χ2n) is 7.88. The Morgan fingerprint density at radius 2 is 1.77 bits per heavy atom. The molecule has 2 saturated carbocycles. The quantitative estimate of drug-likeness (QED) is 0.700. The van der Waals surface area contributed by atoms with Crippen molar-refractivity contribution in [2.24, 2.45) is 16.2 Å². The molecule has 1 heterocycles. The lowest BCUT2D eigenvalue weighted by Crippen LogP contribution is -2.57. The summed E-state index contributed by atoms with van der Waals surface area (Å²) in [6, 6.07) is 0. The van der Waals surface area contributed by atoms with Crippen LogP contribution in [0.4, 0.5) is 0 Å². The van der Waals surface area contributed by atoms with Gasteiger partial charge < -0.3 is 9.80 Å². The van der Waals surface area contributed by atoms with E-state index in [1.54, 1.807) is 0 Å². The van der Waals surface area contributed by atoms with Crippen LogP contribution in [0.15, 0.2) is 0 Å². The van der Waals surface area contributed by atoms with Crippen LogP contribution in [0, 0.1) is 16.2 Å². The number of carbonyl (C=O) groups excluding carboxylic acids is 2. The lowest BCUT2D eigenvalue weighted by Gasteiger charge is -2.45. The Morgan fingerprint density at radius 1 is 1.18 bits per heavy atom. The van der Waals surface area contributed by atoms with Crippen LogP contribution in [0.2, 0.25) is 0 Å². The highest BCUT2D eigenvalue weighted by Crippen LogP contribution is 2.72. The van der Waals surface area contributed by atoms with Crippen LogP contribution in [0.5, 0.6) is 0 Å². The number of likely N-dealkylation sites (N-methyl/N-ethyl adjacent to an activating group) is 1. The van der Waals surface area contributed by atoms with Crippen LogP contribution in [0.3, 0.4) is 0 Å². The molecule has 0 aromatic carbocycles. The maximum absolute atomic E-state index is 13.4. The third-order valence-corrected chi connectivity index (χ3v) is 8.41. The van der Waals surface area contributed by atoms with Crippen LogP contribution in [0.1, 0.15) is 40.5 Å². The van der Waals surface area contributed by atoms with Gasteiger partial charge in [0.2, 0.25) is 5.91 Å². The molecule has 0 spiro atoms. The number of fused-ring (bicyclic) bond motifs is 2. The monoisotopic (exact) mass is 370 g/mol. The van der Waals surface area contributed by atoms with Crippen molar-refractivity contribution in [2.45, 2.75) is 45.4 Å². The molecule has 1 aliphatic heterocycles. The van der Waals surface area contributed by atoms with Gasteiger partial charge in [0.15, 0.2) is 5.78 Å². The van der Waals surface area contributed by atoms with Crippen LogP contribution in [-0.2, 0) is 9.59 Å². The van der Waals surface area contributed by atoms with Gasteiger partial charge >= 0.3 is 0 Å². The SMILES string of the molecule is CCN1CCN(C(=O)[C@@]23CC[C@@](C)(C(=O)[C@H]2Br)C3(C)C)CC1. The molecule has 0 aromatic rings. The molecule has 0 aromatic heterocycles. The number of rotatable bonds is 2. The van der Waals surface area contributed by atoms with Crippen LogP contribution >= 0.6 is 15.9 Å². The molecule has 3 fully saturated rings. The third kappa shape index (κ3) is 1.73. The summed E-state index contributed by atoms with van der Waals surface area (Å²) in [5.41, 5.74) is -1.22. The standard InChI is InChI=1S/C17H27BrN2O2/c1-5-19-8-10-20(11-9-19)14(22)17-7-6-16(4,15(17,2)3)13(21)12(17)18/h12H,5-11H2,1-4H3/t12-,16+,17-/m1/s1. The van der Waals surface area contributed by atoms with Gasteiger partial charge in [-0.1, -0.05) is 43.6 Å². The molecule has 5 heteroatoms. The second-order valence-corrected chi connectivity index (χ2v) is 8.80. The number of piperazine rings is 1. The van der Waals surface area contributed by atoms with Crippen molar-refractivity contribution in [1.82, 2.24) is 9.80 Å². The van der Waals surface area contributed by atoms with Crippen molar-refractivity contribution in [3.63, 3.8) is 0 Å². The van der Waals surface area contributed by atoms with Gasteiger partial charge in [0.25, 0.3) is 0 Å². The second kappa shape index (κ2) is 5.04. The summed E-state index contributed by atoms with van der Waals surface area (Å²) in [5.74, 6) is 0.425. The van der Waals surface area contributed by atoms with Gasteiger partial charge in [0.05, 0.1) is 10.2 Å². The molecule has 3 rings (SSSR count). The average molecular weight is 371 g/mol. The maximum Gasteiger partial charge on any atom is 0.231 e. The lowest BCUT2D eigenvalue weighted by molar-refractivity contribution is -0.149. The van der Waals surface area contributed by atoms with Gasteiger partial charge in [-0.05, 0) is 24.8 Å². The van der Waals surface area contributed by atoms with E-state index in [1.807, 2.05) is 4.90 Å². The molecule has 0 unspecified atom stereocenters. The normalized spacial score (nSPS) is 41.2. The average Bonchev–Trinajstić information content (AvgIpc) is 2.79. The number of ketones is 1. The van der Waals surface area contributed by atoms with Crippen molar-refractivity contribution in [1.29, 1.82) is 0 Å². The van der Waals surface area contributed by atoms with E-state index in [1.165, 1.54) is 0 Å². The zero-order valence-electron chi connectivity index (χ0n) is 14.1. The van der Waals surface area contributed by atoms with E-state index < -0.39 is 5.41 Å². The maximum atomic E-state index is 13.4. The van der Waals surface area contributed by atoms with Crippen molar-refractivity contribution < 1.29 is 9.59 Å². The molecule has 124 valence electrons. The van der Waals surface area contributed by atoms with E-state index in [-0.39, 0.29) is 27.3 Å². The van der Waals surface area contributed by atoms with Crippen LogP contribution in [-0.4, -0.2) is 59.0 Å². The Hall–Kier alpha value is -0.420. The summed E-state index contributed by atoms with van der Waals surface area (Å²) in [6.07, 6.45) is 1.66. The molecular formula is C17H27BrN2O2. The number of halogens is 1. The molecule has 22 heavy (non-hydrogen) atoms. The Kier molecular flexibility index (Phi) is 3.76. The molecule has 0 radical (unpaired) electrons. The summed E-state index contributed by atoms with van der Waals surface area (Å²) in [6.45, 7) is 13.0. The molecular weight excluding hydrogens is 344 g/mol. The van der Waals surface area contributed by atoms with Crippen molar-refractivity contribution in [3.8, 4) is 0 Å². The third-order valence-electron chi connectivity index (χ3n) is 7.21. The summed E-state index contributed by atoms with van der Waals surface area (Å²) >= 11 is 3.61. The minimum atomic E-state index is -0.562. The lowest BCUT2D eigenvalue weighted by atomic mass is 9.64. The van der Waals surface area contributed by atoms with Gasteiger partial charge in [-0.15, -0.1) is 0 Å². The fraction of sp³-hybridized carbons (Fsp3) is 0.882. The van der Waals surface area contributed by atoms with E-state index in [0.717, 1.165) is 45.6 Å². The number of hydrogen-bond acceptors (Lipinski definition) is 3. The Balaban J connectivity index is 1.90. The topological polar surface area (TPSA) is 40.6 Å². The number of alkyl halides is 1. The van der Waals surface area contributed by atoms with Crippen molar-refractivity contribution in [2.75, 3.05) is 32.7 Å². The highest BCUT2D eigenvalue weighted by atomic mass is 79.9. The van der Waals surface area contributed by atoms with E-state index in [2.05, 4.69) is 48.5 Å². The van der Waals surface area contributed by atoms with Crippen molar-refractivity contribution in [3.05, 3.63) is 0 Å². The Labute approximate surface area is 141 Å². The predicted molar refractivity (Wildman–Crippen MR) is 90.0 cm³/mol. The van der Waals surface area contributed by atoms with Gasteiger partial charge in [-0.2, -0.15) is 0 Å². The number of hydrogen-bond donors (Lipinski definition) is 0. The van der Waals surface area contributed by atoms with Gasteiger partial charge in [-0.3, -0.25) is 9.59 Å². The minimum Gasteiger partial charge on any atom is -0.340 e. The first-order valence-corrected chi connectivity index (χ1v) is 9.34. The van der Waals surface area contributed by atoms with E-state index in [4.69, 9.17) is 0 Å². The fourth-order valence-corrected chi connectivity index (χ4v) is 6.48. The highest BCUT2D eigenvalue weighted by molar-refractivity contribution is 9.10. The summed E-state index contributed by atoms with van der Waals surface area (Å²) in [7, 11) is 0. The van der Waals surface area contributed by atoms with E-state index in [0.29, 0.717) is 0 Å². The van der Waals surface area contributed by atoms with Gasteiger partial charge in [-0.25, -0.2) is 0 Å². The van der Waals surface area contributed by atoms with Gasteiger partial charge in [0.1, 0.15) is 0 Å². The molecule has 3 aliphatic rings. The first-order chi connectivity index (χ1) is 10.2. The van der Waals surface area contributed by atoms with Gasteiger partial charge in [0, 0.05) is 31.6 Å². The minimum absolute atomic E-state index is 0.199.